The third kappa shape index (κ3) is 5.65. The predicted molar refractivity (Wildman–Crippen MR) is 122 cm³/mol. The number of phenolic OH excluding ortho intramolecular Hbond substituents is 2. The van der Waals surface area contributed by atoms with Gasteiger partial charge in [0.05, 0.1) is 11.1 Å². The Morgan fingerprint density at radius 3 is 1.33 bits per heavy atom. The minimum absolute atomic E-state index is 0.0585. The maximum absolute atomic E-state index is 13.9. The van der Waals surface area contributed by atoms with Gasteiger partial charge in [0.15, 0.2) is 0 Å². The maximum Gasteiger partial charge on any atom is 0.336 e. The van der Waals surface area contributed by atoms with Crippen molar-refractivity contribution in [3.8, 4) is 11.5 Å². The maximum atomic E-state index is 13.9. The summed E-state index contributed by atoms with van der Waals surface area (Å²) < 4.78 is 27.7. The van der Waals surface area contributed by atoms with Crippen molar-refractivity contribution in [1.29, 1.82) is 0 Å². The molecule has 0 saturated carbocycles. The topological polar surface area (TPSA) is 149 Å². The molecule has 0 aromatic heterocycles. The summed E-state index contributed by atoms with van der Waals surface area (Å²) in [6.45, 7) is 7.57. The molecule has 0 spiro atoms. The molecule has 2 rings (SSSR count). The van der Waals surface area contributed by atoms with Gasteiger partial charge in [-0.1, -0.05) is 27.7 Å². The highest BCUT2D eigenvalue weighted by Crippen LogP contribution is 2.41. The molecule has 0 aliphatic rings. The summed E-state index contributed by atoms with van der Waals surface area (Å²) in [5.41, 5.74) is -0.702. The summed E-state index contributed by atoms with van der Waals surface area (Å²) >= 11 is 0. The van der Waals surface area contributed by atoms with Crippen molar-refractivity contribution in [2.45, 2.75) is 63.2 Å². The first-order chi connectivity index (χ1) is 15.3. The van der Waals surface area contributed by atoms with Crippen molar-refractivity contribution < 1.29 is 38.4 Å². The molecule has 0 aliphatic heterocycles. The fourth-order valence-corrected chi connectivity index (χ4v) is 5.66. The van der Waals surface area contributed by atoms with E-state index >= 15 is 0 Å². The minimum atomic E-state index is -4.70. The zero-order valence-electron chi connectivity index (χ0n) is 19.1. The van der Waals surface area contributed by atoms with Crippen molar-refractivity contribution in [2.75, 3.05) is 0 Å². The number of carboxylic acid groups (broad SMARTS) is 2. The zero-order valence-corrected chi connectivity index (χ0v) is 19.9. The van der Waals surface area contributed by atoms with E-state index in [1.807, 2.05) is 27.7 Å². The summed E-state index contributed by atoms with van der Waals surface area (Å²) in [6.07, 6.45) is 1.02. The van der Waals surface area contributed by atoms with E-state index in [1.54, 1.807) is 0 Å². The Bertz CT molecular complexity index is 1080. The molecule has 0 bridgehead atoms. The molecule has 8 nitrogen and oxygen atoms in total. The lowest BCUT2D eigenvalue weighted by Crippen LogP contribution is -2.16. The highest BCUT2D eigenvalue weighted by Gasteiger charge is 2.34. The molecule has 0 unspecified atom stereocenters. The van der Waals surface area contributed by atoms with E-state index in [1.165, 1.54) is 0 Å². The molecule has 2 aromatic rings. The van der Waals surface area contributed by atoms with Gasteiger partial charge < -0.3 is 20.4 Å². The first-order valence-corrected chi connectivity index (χ1v) is 12.2. The second-order valence-electron chi connectivity index (χ2n) is 8.86. The number of sulfone groups is 1. The number of phenols is 2. The standard InChI is InChI=1S/C24H30O8S/c1-13(2)5-7-15-17(23(27)28)9-11-19(25)21(15)33(31,32)22-16(8-6-14(3)4)18(24(29)30)10-12-20(22)26/h9-14,25-26H,5-8H2,1-4H3,(H,27,28)(H,29,30). The van der Waals surface area contributed by atoms with E-state index in [0.29, 0.717) is 12.8 Å². The number of hydrogen-bond acceptors (Lipinski definition) is 6. The fourth-order valence-electron chi connectivity index (χ4n) is 3.70. The van der Waals surface area contributed by atoms with Crippen molar-refractivity contribution in [3.05, 3.63) is 46.5 Å². The first kappa shape index (κ1) is 26.2. The number of rotatable bonds is 10. The Morgan fingerprint density at radius 1 is 0.727 bits per heavy atom. The van der Waals surface area contributed by atoms with Gasteiger partial charge in [-0.25, -0.2) is 18.0 Å². The number of carbonyl (C=O) groups is 2. The van der Waals surface area contributed by atoms with Crippen LogP contribution in [0, 0.1) is 11.8 Å². The average molecular weight is 479 g/mol. The Morgan fingerprint density at radius 2 is 1.06 bits per heavy atom. The van der Waals surface area contributed by atoms with Crippen LogP contribution in [0.15, 0.2) is 34.1 Å². The average Bonchev–Trinajstić information content (AvgIpc) is 2.69. The number of hydrogen-bond donors (Lipinski definition) is 4. The lowest BCUT2D eigenvalue weighted by Gasteiger charge is -2.20. The molecule has 0 saturated heterocycles. The van der Waals surface area contributed by atoms with E-state index in [0.717, 1.165) is 24.3 Å². The Labute approximate surface area is 193 Å². The normalized spacial score (nSPS) is 11.8. The number of benzene rings is 2. The van der Waals surface area contributed by atoms with Crippen molar-refractivity contribution in [1.82, 2.24) is 0 Å². The summed E-state index contributed by atoms with van der Waals surface area (Å²) in [7, 11) is -4.70. The molecule has 0 atom stereocenters. The molecule has 9 heteroatoms. The summed E-state index contributed by atoms with van der Waals surface area (Å²) in [6, 6.07) is 4.25. The zero-order chi connectivity index (χ0) is 25.1. The lowest BCUT2D eigenvalue weighted by molar-refractivity contribution is 0.0684. The molecule has 0 aliphatic carbocycles. The molecular formula is C24H30O8S. The van der Waals surface area contributed by atoms with Gasteiger partial charge in [-0.05, 0) is 72.9 Å². The van der Waals surface area contributed by atoms with Crippen LogP contribution in [0.25, 0.3) is 0 Å². The van der Waals surface area contributed by atoms with Crippen LogP contribution in [-0.4, -0.2) is 40.8 Å². The summed E-state index contributed by atoms with van der Waals surface area (Å²) in [4.78, 5) is 22.5. The lowest BCUT2D eigenvalue weighted by atomic mass is 9.97. The van der Waals surface area contributed by atoms with Gasteiger partial charge in [0, 0.05) is 0 Å². The van der Waals surface area contributed by atoms with Crippen LogP contribution in [0.2, 0.25) is 0 Å². The van der Waals surface area contributed by atoms with Crippen molar-refractivity contribution >= 4 is 21.8 Å². The molecule has 2 aromatic carbocycles. The van der Waals surface area contributed by atoms with E-state index < -0.39 is 43.1 Å². The van der Waals surface area contributed by atoms with Crippen LogP contribution in [0.3, 0.4) is 0 Å². The molecule has 0 radical (unpaired) electrons. The second-order valence-corrected chi connectivity index (χ2v) is 10.7. The minimum Gasteiger partial charge on any atom is -0.507 e. The third-order valence-electron chi connectivity index (χ3n) is 5.42. The van der Waals surface area contributed by atoms with Crippen LogP contribution in [0.1, 0.15) is 72.4 Å². The van der Waals surface area contributed by atoms with Crippen LogP contribution in [0.4, 0.5) is 0 Å². The highest BCUT2D eigenvalue weighted by molar-refractivity contribution is 7.91. The van der Waals surface area contributed by atoms with E-state index in [-0.39, 0.29) is 46.9 Å². The summed E-state index contributed by atoms with van der Waals surface area (Å²) in [5, 5.41) is 40.4. The van der Waals surface area contributed by atoms with E-state index in [4.69, 9.17) is 0 Å². The van der Waals surface area contributed by atoms with Crippen molar-refractivity contribution in [3.63, 3.8) is 0 Å². The molecule has 4 N–H and O–H groups in total. The molecular weight excluding hydrogens is 448 g/mol. The van der Waals surface area contributed by atoms with E-state index in [2.05, 4.69) is 0 Å². The van der Waals surface area contributed by atoms with Gasteiger partial charge in [0.2, 0.25) is 9.84 Å². The molecule has 0 heterocycles. The van der Waals surface area contributed by atoms with Gasteiger partial charge >= 0.3 is 11.9 Å². The number of aromatic hydroxyl groups is 2. The van der Waals surface area contributed by atoms with Crippen molar-refractivity contribution in [2.24, 2.45) is 11.8 Å². The Hall–Kier alpha value is -3.07. The van der Waals surface area contributed by atoms with Gasteiger partial charge in [-0.3, -0.25) is 0 Å². The first-order valence-electron chi connectivity index (χ1n) is 10.7. The van der Waals surface area contributed by atoms with Gasteiger partial charge in [0.25, 0.3) is 0 Å². The predicted octanol–water partition coefficient (Wildman–Crippen LogP) is 4.50. The quantitative estimate of drug-likeness (QED) is 0.390. The molecule has 180 valence electrons. The van der Waals surface area contributed by atoms with Crippen LogP contribution >= 0.6 is 0 Å². The number of carboxylic acids is 2. The Kier molecular flexibility index (Phi) is 8.13. The fraction of sp³-hybridized carbons (Fsp3) is 0.417. The molecule has 33 heavy (non-hydrogen) atoms. The van der Waals surface area contributed by atoms with Gasteiger partial charge in [-0.15, -0.1) is 0 Å². The molecule has 0 fully saturated rings. The smallest absolute Gasteiger partial charge is 0.336 e. The summed E-state index contributed by atoms with van der Waals surface area (Å²) in [5.74, 6) is -3.78. The van der Waals surface area contributed by atoms with Crippen LogP contribution in [-0.2, 0) is 22.7 Å². The molecule has 0 amide bonds. The third-order valence-corrected chi connectivity index (χ3v) is 7.41. The second kappa shape index (κ2) is 10.2. The van der Waals surface area contributed by atoms with Crippen LogP contribution in [0.5, 0.6) is 11.5 Å². The Balaban J connectivity index is 2.92. The highest BCUT2D eigenvalue weighted by atomic mass is 32.2. The van der Waals surface area contributed by atoms with E-state index in [9.17, 15) is 38.4 Å². The largest absolute Gasteiger partial charge is 0.507 e. The SMILES string of the molecule is CC(C)CCc1c(C(=O)O)ccc(O)c1S(=O)(=O)c1c(O)ccc(C(=O)O)c1CCC(C)C. The monoisotopic (exact) mass is 478 g/mol. The van der Waals surface area contributed by atoms with Gasteiger partial charge in [-0.2, -0.15) is 0 Å². The van der Waals surface area contributed by atoms with Gasteiger partial charge in [0.1, 0.15) is 21.3 Å². The van der Waals surface area contributed by atoms with Crippen LogP contribution < -0.4 is 0 Å². The number of aromatic carboxylic acids is 2.